The van der Waals surface area contributed by atoms with Gasteiger partial charge in [-0.05, 0) is 55.6 Å². The fraction of sp³-hybridized carbons (Fsp3) is 1.00. The molecule has 0 N–H and O–H groups in total. The molecule has 0 spiro atoms. The molecular formula is C9H24N3P. The van der Waals surface area contributed by atoms with Gasteiger partial charge < -0.3 is 0 Å². The molecule has 0 radical (unpaired) electrons. The van der Waals surface area contributed by atoms with Gasteiger partial charge in [0.2, 0.25) is 0 Å². The van der Waals surface area contributed by atoms with E-state index in [0.29, 0.717) is 0 Å². The average Bonchev–Trinajstić information content (AvgIpc) is 1.82. The molecule has 0 saturated carbocycles. The summed E-state index contributed by atoms with van der Waals surface area (Å²) in [6.07, 6.45) is 0. The zero-order chi connectivity index (χ0) is 10.9. The first-order chi connectivity index (χ1) is 5.59. The molecule has 0 amide bonds. The molecule has 4 heteroatoms. The van der Waals surface area contributed by atoms with Crippen molar-refractivity contribution in [3.05, 3.63) is 0 Å². The van der Waals surface area contributed by atoms with E-state index in [1.54, 1.807) is 0 Å². The summed E-state index contributed by atoms with van der Waals surface area (Å²) in [6, 6.07) is 0. The number of nitrogens with zero attached hydrogens (tertiary/aromatic N) is 3. The molecule has 3 nitrogen and oxygen atoms in total. The summed E-state index contributed by atoms with van der Waals surface area (Å²) < 4.78 is 9.37. The van der Waals surface area contributed by atoms with Gasteiger partial charge in [-0.1, -0.05) is 0 Å². The van der Waals surface area contributed by atoms with Crippen LogP contribution in [0.25, 0.3) is 0 Å². The van der Waals surface area contributed by atoms with E-state index in [4.69, 9.17) is 4.74 Å². The molecule has 0 heterocycles. The van der Waals surface area contributed by atoms with Gasteiger partial charge in [0.05, 0.1) is 12.9 Å². The summed E-state index contributed by atoms with van der Waals surface area (Å²) in [5.41, 5.74) is 0.0388. The monoisotopic (exact) mass is 205 g/mol. The van der Waals surface area contributed by atoms with Crippen LogP contribution in [0.5, 0.6) is 0 Å². The Labute approximate surface area is 83.3 Å². The van der Waals surface area contributed by atoms with Crippen LogP contribution >= 0.6 is 7.36 Å². The lowest BCUT2D eigenvalue weighted by molar-refractivity contribution is 0.527. The maximum atomic E-state index is 4.90. The summed E-state index contributed by atoms with van der Waals surface area (Å²) in [7, 11) is 6.96. The van der Waals surface area contributed by atoms with Gasteiger partial charge in [-0.2, -0.15) is 0 Å². The van der Waals surface area contributed by atoms with Crippen LogP contribution in [-0.2, 0) is 0 Å². The van der Waals surface area contributed by atoms with E-state index in [2.05, 4.69) is 65.0 Å². The van der Waals surface area contributed by atoms with Crippen LogP contribution < -0.4 is 0 Å². The Balaban J connectivity index is 5.14. The van der Waals surface area contributed by atoms with E-state index in [0.717, 1.165) is 0 Å². The first kappa shape index (κ1) is 13.2. The van der Waals surface area contributed by atoms with Crippen LogP contribution in [0.15, 0.2) is 4.74 Å². The summed E-state index contributed by atoms with van der Waals surface area (Å²) in [4.78, 5) is 0. The smallest absolute Gasteiger partial charge is 0.0935 e. The molecule has 0 rings (SSSR count). The van der Waals surface area contributed by atoms with Crippen LogP contribution in [0.2, 0.25) is 0 Å². The second kappa shape index (κ2) is 4.12. The Morgan fingerprint density at radius 2 is 1.23 bits per heavy atom. The van der Waals surface area contributed by atoms with Gasteiger partial charge in [-0.3, -0.25) is 14.1 Å². The predicted octanol–water partition coefficient (Wildman–Crippen LogP) is 2.57. The third-order valence-electron chi connectivity index (χ3n) is 2.00. The zero-order valence-corrected chi connectivity index (χ0v) is 11.2. The molecule has 80 valence electrons. The molecule has 0 aromatic heterocycles. The van der Waals surface area contributed by atoms with Crippen LogP contribution in [0, 0.1) is 0 Å². The van der Waals surface area contributed by atoms with Crippen molar-refractivity contribution in [1.29, 1.82) is 0 Å². The minimum atomic E-state index is -1.44. The Hall–Kier alpha value is 0.150. The Morgan fingerprint density at radius 1 is 0.923 bits per heavy atom. The van der Waals surface area contributed by atoms with Crippen molar-refractivity contribution >= 4 is 7.36 Å². The maximum absolute atomic E-state index is 4.90. The van der Waals surface area contributed by atoms with E-state index < -0.39 is 7.36 Å². The van der Waals surface area contributed by atoms with Crippen molar-refractivity contribution in [3.63, 3.8) is 0 Å². The molecule has 0 saturated heterocycles. The van der Waals surface area contributed by atoms with Crippen LogP contribution in [-0.4, -0.2) is 49.7 Å². The SMILES string of the molecule is CN(C)P(C)(=NC(C)(C)C)N(C)C. The first-order valence-electron chi connectivity index (χ1n) is 4.56. The topological polar surface area (TPSA) is 18.8 Å². The highest BCUT2D eigenvalue weighted by atomic mass is 31.2. The number of rotatable bonds is 2. The van der Waals surface area contributed by atoms with Crippen LogP contribution in [0.1, 0.15) is 20.8 Å². The standard InChI is InChI=1S/C9H24N3P/c1-9(2,3)10-13(8,11(4)5)12(6)7/h1-8H3. The molecule has 0 bridgehead atoms. The summed E-state index contributed by atoms with van der Waals surface area (Å²) in [5, 5.41) is 0. The molecule has 0 aliphatic carbocycles. The highest BCUT2D eigenvalue weighted by Gasteiger charge is 2.22. The van der Waals surface area contributed by atoms with Gasteiger partial charge in [0, 0.05) is 0 Å². The summed E-state index contributed by atoms with van der Waals surface area (Å²) in [5.74, 6) is 0. The molecule has 0 fully saturated rings. The highest BCUT2D eigenvalue weighted by molar-refractivity contribution is 7.60. The van der Waals surface area contributed by atoms with Crippen molar-refractivity contribution in [2.75, 3.05) is 34.9 Å². The lowest BCUT2D eigenvalue weighted by atomic mass is 10.1. The average molecular weight is 205 g/mol. The fourth-order valence-corrected chi connectivity index (χ4v) is 3.31. The second-order valence-electron chi connectivity index (χ2n) is 4.83. The molecule has 13 heavy (non-hydrogen) atoms. The van der Waals surface area contributed by atoms with Crippen molar-refractivity contribution in [1.82, 2.24) is 9.34 Å². The normalized spacial score (nSPS) is 14.0. The maximum Gasteiger partial charge on any atom is 0.0935 e. The lowest BCUT2D eigenvalue weighted by Crippen LogP contribution is -2.23. The summed E-state index contributed by atoms with van der Waals surface area (Å²) >= 11 is 0. The third kappa shape index (κ3) is 3.80. The highest BCUT2D eigenvalue weighted by Crippen LogP contribution is 2.51. The van der Waals surface area contributed by atoms with Gasteiger partial charge in [0.1, 0.15) is 0 Å². The second-order valence-corrected chi connectivity index (χ2v) is 8.37. The lowest BCUT2D eigenvalue weighted by Gasteiger charge is -2.36. The van der Waals surface area contributed by atoms with Crippen molar-refractivity contribution in [3.8, 4) is 0 Å². The van der Waals surface area contributed by atoms with Crippen molar-refractivity contribution in [2.24, 2.45) is 4.74 Å². The molecule has 0 aromatic carbocycles. The van der Waals surface area contributed by atoms with Crippen LogP contribution in [0.3, 0.4) is 0 Å². The Morgan fingerprint density at radius 3 is 1.31 bits per heavy atom. The predicted molar refractivity (Wildman–Crippen MR) is 62.4 cm³/mol. The van der Waals surface area contributed by atoms with Gasteiger partial charge >= 0.3 is 0 Å². The van der Waals surface area contributed by atoms with Gasteiger partial charge in [-0.25, -0.2) is 0 Å². The minimum absolute atomic E-state index is 0.0388. The van der Waals surface area contributed by atoms with E-state index in [-0.39, 0.29) is 5.54 Å². The quantitative estimate of drug-likeness (QED) is 0.645. The van der Waals surface area contributed by atoms with Crippen molar-refractivity contribution < 1.29 is 0 Å². The molecule has 0 unspecified atom stereocenters. The van der Waals surface area contributed by atoms with Gasteiger partial charge in [0.25, 0.3) is 0 Å². The van der Waals surface area contributed by atoms with E-state index in [9.17, 15) is 0 Å². The Bertz CT molecular complexity index is 201. The number of hydrogen-bond acceptors (Lipinski definition) is 1. The molecule has 0 aliphatic heterocycles. The van der Waals surface area contributed by atoms with Crippen LogP contribution in [0.4, 0.5) is 0 Å². The fourth-order valence-electron chi connectivity index (χ4n) is 1.10. The first-order valence-corrected chi connectivity index (χ1v) is 6.65. The minimum Gasteiger partial charge on any atom is -0.268 e. The van der Waals surface area contributed by atoms with E-state index >= 15 is 0 Å². The summed E-state index contributed by atoms with van der Waals surface area (Å²) in [6.45, 7) is 8.69. The van der Waals surface area contributed by atoms with Gasteiger partial charge in [-0.15, -0.1) is 0 Å². The molecule has 0 aliphatic rings. The molecule has 0 atom stereocenters. The number of hydrogen-bond donors (Lipinski definition) is 0. The zero-order valence-electron chi connectivity index (χ0n) is 10.3. The van der Waals surface area contributed by atoms with E-state index in [1.165, 1.54) is 0 Å². The van der Waals surface area contributed by atoms with Crippen molar-refractivity contribution in [2.45, 2.75) is 26.3 Å². The van der Waals surface area contributed by atoms with Gasteiger partial charge in [0.15, 0.2) is 0 Å². The third-order valence-corrected chi connectivity index (χ3v) is 6.01. The van der Waals surface area contributed by atoms with E-state index in [1.807, 2.05) is 0 Å². The largest absolute Gasteiger partial charge is 0.268 e. The Kier molecular flexibility index (Phi) is 4.17. The molecular weight excluding hydrogens is 181 g/mol. The molecule has 0 aromatic rings.